The molecule has 0 radical (unpaired) electrons. The standard InChI is InChI=1S/C14H20BrNO2/c1-4-14(5-2,9-15)16-13(18)11-7-6-10(3)12(17)8-11/h6-8,17H,4-5,9H2,1-3H3,(H,16,18). The summed E-state index contributed by atoms with van der Waals surface area (Å²) in [7, 11) is 0. The molecule has 0 atom stereocenters. The fourth-order valence-electron chi connectivity index (χ4n) is 1.71. The Morgan fingerprint density at radius 2 is 2.00 bits per heavy atom. The number of benzene rings is 1. The van der Waals surface area contributed by atoms with Gasteiger partial charge in [-0.2, -0.15) is 0 Å². The quantitative estimate of drug-likeness (QED) is 0.819. The first-order valence-corrected chi connectivity index (χ1v) is 7.28. The number of amides is 1. The number of nitrogens with one attached hydrogen (secondary N) is 1. The van der Waals surface area contributed by atoms with Gasteiger partial charge in [-0.05, 0) is 37.5 Å². The molecule has 100 valence electrons. The second kappa shape index (κ2) is 6.23. The average molecular weight is 314 g/mol. The Morgan fingerprint density at radius 3 is 2.44 bits per heavy atom. The van der Waals surface area contributed by atoms with Crippen LogP contribution in [0.5, 0.6) is 5.75 Å². The third kappa shape index (κ3) is 3.25. The molecule has 18 heavy (non-hydrogen) atoms. The predicted octanol–water partition coefficient (Wildman–Crippen LogP) is 3.38. The van der Waals surface area contributed by atoms with E-state index in [9.17, 15) is 9.90 Å². The van der Waals surface area contributed by atoms with E-state index in [1.807, 2.05) is 0 Å². The molecule has 0 saturated heterocycles. The van der Waals surface area contributed by atoms with Crippen LogP contribution in [0.25, 0.3) is 0 Å². The van der Waals surface area contributed by atoms with Crippen LogP contribution >= 0.6 is 15.9 Å². The van der Waals surface area contributed by atoms with Crippen molar-refractivity contribution in [1.29, 1.82) is 0 Å². The molecule has 0 saturated carbocycles. The fraction of sp³-hybridized carbons (Fsp3) is 0.500. The van der Waals surface area contributed by atoms with Crippen molar-refractivity contribution in [1.82, 2.24) is 5.32 Å². The van der Waals surface area contributed by atoms with Gasteiger partial charge in [-0.3, -0.25) is 4.79 Å². The van der Waals surface area contributed by atoms with E-state index in [0.29, 0.717) is 5.56 Å². The van der Waals surface area contributed by atoms with Crippen molar-refractivity contribution < 1.29 is 9.90 Å². The molecular weight excluding hydrogens is 294 g/mol. The van der Waals surface area contributed by atoms with Crippen molar-refractivity contribution >= 4 is 21.8 Å². The summed E-state index contributed by atoms with van der Waals surface area (Å²) in [5.74, 6) is 0.00791. The van der Waals surface area contributed by atoms with Gasteiger partial charge >= 0.3 is 0 Å². The van der Waals surface area contributed by atoms with Crippen molar-refractivity contribution in [3.8, 4) is 5.75 Å². The second-order valence-corrected chi connectivity index (χ2v) is 5.14. The maximum Gasteiger partial charge on any atom is 0.251 e. The average Bonchev–Trinajstić information content (AvgIpc) is 2.39. The van der Waals surface area contributed by atoms with E-state index >= 15 is 0 Å². The van der Waals surface area contributed by atoms with E-state index in [-0.39, 0.29) is 17.2 Å². The van der Waals surface area contributed by atoms with Crippen molar-refractivity contribution in [3.63, 3.8) is 0 Å². The highest BCUT2D eigenvalue weighted by atomic mass is 79.9. The molecule has 3 nitrogen and oxygen atoms in total. The van der Waals surface area contributed by atoms with Crippen LogP contribution in [0.1, 0.15) is 42.6 Å². The number of rotatable bonds is 5. The number of phenolic OH excluding ortho intramolecular Hbond substituents is 1. The zero-order valence-electron chi connectivity index (χ0n) is 11.1. The van der Waals surface area contributed by atoms with Gasteiger partial charge in [0.1, 0.15) is 5.75 Å². The molecule has 1 rings (SSSR count). The highest BCUT2D eigenvalue weighted by Crippen LogP contribution is 2.21. The summed E-state index contributed by atoms with van der Waals surface area (Å²) < 4.78 is 0. The zero-order chi connectivity index (χ0) is 13.8. The number of hydrogen-bond acceptors (Lipinski definition) is 2. The first-order valence-electron chi connectivity index (χ1n) is 6.16. The molecule has 0 aromatic heterocycles. The molecule has 1 amide bonds. The lowest BCUT2D eigenvalue weighted by atomic mass is 9.95. The highest BCUT2D eigenvalue weighted by Gasteiger charge is 2.27. The van der Waals surface area contributed by atoms with Crippen LogP contribution in [0.4, 0.5) is 0 Å². The summed E-state index contributed by atoms with van der Waals surface area (Å²) in [6, 6.07) is 4.99. The number of carbonyl (C=O) groups is 1. The zero-order valence-corrected chi connectivity index (χ0v) is 12.7. The summed E-state index contributed by atoms with van der Waals surface area (Å²) in [5.41, 5.74) is 1.03. The largest absolute Gasteiger partial charge is 0.508 e. The van der Waals surface area contributed by atoms with Crippen LogP contribution < -0.4 is 5.32 Å². The highest BCUT2D eigenvalue weighted by molar-refractivity contribution is 9.09. The monoisotopic (exact) mass is 313 g/mol. The Bertz CT molecular complexity index is 420. The molecule has 0 aliphatic heterocycles. The first kappa shape index (κ1) is 15.0. The molecule has 0 bridgehead atoms. The summed E-state index contributed by atoms with van der Waals surface area (Å²) >= 11 is 3.46. The molecule has 0 fully saturated rings. The molecule has 0 aliphatic rings. The van der Waals surface area contributed by atoms with Gasteiger partial charge in [-0.1, -0.05) is 35.8 Å². The maximum atomic E-state index is 12.2. The number of halogens is 1. The minimum absolute atomic E-state index is 0.145. The van der Waals surface area contributed by atoms with E-state index in [1.165, 1.54) is 6.07 Å². The Morgan fingerprint density at radius 1 is 1.39 bits per heavy atom. The summed E-state index contributed by atoms with van der Waals surface area (Å²) in [4.78, 5) is 12.2. The number of aryl methyl sites for hydroxylation is 1. The Kier molecular flexibility index (Phi) is 5.20. The minimum Gasteiger partial charge on any atom is -0.508 e. The van der Waals surface area contributed by atoms with Gasteiger partial charge in [0.05, 0.1) is 0 Å². The lowest BCUT2D eigenvalue weighted by molar-refractivity contribution is 0.0903. The molecule has 0 aliphatic carbocycles. The SMILES string of the molecule is CCC(CC)(CBr)NC(=O)c1ccc(C)c(O)c1. The minimum atomic E-state index is -0.225. The van der Waals surface area contributed by atoms with Gasteiger partial charge in [0.25, 0.3) is 5.91 Å². The fourth-order valence-corrected chi connectivity index (χ4v) is 2.65. The third-order valence-corrected chi connectivity index (χ3v) is 4.53. The summed E-state index contributed by atoms with van der Waals surface area (Å²) in [5, 5.41) is 13.4. The van der Waals surface area contributed by atoms with E-state index in [2.05, 4.69) is 35.1 Å². The van der Waals surface area contributed by atoms with Crippen LogP contribution in [-0.4, -0.2) is 21.9 Å². The van der Waals surface area contributed by atoms with Crippen molar-refractivity contribution in [2.45, 2.75) is 39.2 Å². The first-order chi connectivity index (χ1) is 8.48. The number of aromatic hydroxyl groups is 1. The number of alkyl halides is 1. The van der Waals surface area contributed by atoms with Gasteiger partial charge in [-0.15, -0.1) is 0 Å². The van der Waals surface area contributed by atoms with E-state index in [1.54, 1.807) is 19.1 Å². The van der Waals surface area contributed by atoms with Crippen molar-refractivity contribution in [2.24, 2.45) is 0 Å². The van der Waals surface area contributed by atoms with E-state index in [0.717, 1.165) is 23.7 Å². The van der Waals surface area contributed by atoms with Gasteiger partial charge in [0, 0.05) is 16.4 Å². The Labute approximate surface area is 117 Å². The maximum absolute atomic E-state index is 12.2. The normalized spacial score (nSPS) is 11.3. The third-order valence-electron chi connectivity index (χ3n) is 3.46. The van der Waals surface area contributed by atoms with Crippen molar-refractivity contribution in [3.05, 3.63) is 29.3 Å². The number of hydrogen-bond donors (Lipinski definition) is 2. The molecule has 4 heteroatoms. The molecule has 1 aromatic carbocycles. The van der Waals surface area contributed by atoms with Crippen LogP contribution in [0.15, 0.2) is 18.2 Å². The summed E-state index contributed by atoms with van der Waals surface area (Å²) in [6.45, 7) is 5.91. The van der Waals surface area contributed by atoms with Crippen LogP contribution in [0.3, 0.4) is 0 Å². The Balaban J connectivity index is 2.90. The lowest BCUT2D eigenvalue weighted by Gasteiger charge is -2.31. The van der Waals surface area contributed by atoms with E-state index < -0.39 is 0 Å². The van der Waals surface area contributed by atoms with Crippen molar-refractivity contribution in [2.75, 3.05) is 5.33 Å². The number of carbonyl (C=O) groups excluding carboxylic acids is 1. The molecule has 2 N–H and O–H groups in total. The second-order valence-electron chi connectivity index (χ2n) is 4.58. The Hall–Kier alpha value is -1.03. The smallest absolute Gasteiger partial charge is 0.251 e. The lowest BCUT2D eigenvalue weighted by Crippen LogP contribution is -2.49. The molecular formula is C14H20BrNO2. The number of phenols is 1. The summed E-state index contributed by atoms with van der Waals surface area (Å²) in [6.07, 6.45) is 1.72. The van der Waals surface area contributed by atoms with Crippen LogP contribution in [0.2, 0.25) is 0 Å². The predicted molar refractivity (Wildman–Crippen MR) is 77.4 cm³/mol. The molecule has 1 aromatic rings. The van der Waals surface area contributed by atoms with Crippen LogP contribution in [0, 0.1) is 6.92 Å². The molecule has 0 unspecified atom stereocenters. The van der Waals surface area contributed by atoms with Gasteiger partial charge in [0.15, 0.2) is 0 Å². The molecule has 0 heterocycles. The topological polar surface area (TPSA) is 49.3 Å². The van der Waals surface area contributed by atoms with Crippen LogP contribution in [-0.2, 0) is 0 Å². The van der Waals surface area contributed by atoms with Gasteiger partial charge in [0.2, 0.25) is 0 Å². The molecule has 0 spiro atoms. The van der Waals surface area contributed by atoms with Gasteiger partial charge < -0.3 is 10.4 Å². The van der Waals surface area contributed by atoms with Gasteiger partial charge in [-0.25, -0.2) is 0 Å². The van der Waals surface area contributed by atoms with E-state index in [4.69, 9.17) is 0 Å².